The fourth-order valence-corrected chi connectivity index (χ4v) is 1.84. The first kappa shape index (κ1) is 11.7. The Balaban J connectivity index is 1.92. The Morgan fingerprint density at radius 3 is 2.68 bits per heavy atom. The van der Waals surface area contributed by atoms with E-state index >= 15 is 0 Å². The van der Waals surface area contributed by atoms with E-state index in [1.807, 2.05) is 12.1 Å². The van der Waals surface area contributed by atoms with E-state index < -0.39 is 0 Å². The van der Waals surface area contributed by atoms with Gasteiger partial charge in [0.2, 0.25) is 0 Å². The fraction of sp³-hybridized carbons (Fsp3) is 0. The summed E-state index contributed by atoms with van der Waals surface area (Å²) in [4.78, 5) is 16.0. The number of hydrogen-bond donors (Lipinski definition) is 1. The van der Waals surface area contributed by atoms with Gasteiger partial charge in [-0.05, 0) is 35.9 Å². The van der Waals surface area contributed by atoms with Crippen molar-refractivity contribution in [2.24, 2.45) is 4.99 Å². The van der Waals surface area contributed by atoms with Gasteiger partial charge in [-0.25, -0.2) is 4.99 Å². The number of amidine groups is 1. The van der Waals surface area contributed by atoms with Gasteiger partial charge >= 0.3 is 0 Å². The summed E-state index contributed by atoms with van der Waals surface area (Å²) in [5, 5.41) is 3.31. The monoisotopic (exact) mass is 272 g/mol. The lowest BCUT2D eigenvalue weighted by atomic mass is 10.2. The summed E-state index contributed by atoms with van der Waals surface area (Å²) in [6.45, 7) is 0. The van der Waals surface area contributed by atoms with E-state index in [1.165, 1.54) is 6.26 Å². The van der Waals surface area contributed by atoms with Gasteiger partial charge in [0.15, 0.2) is 11.6 Å². The van der Waals surface area contributed by atoms with E-state index in [0.29, 0.717) is 22.3 Å². The maximum absolute atomic E-state index is 11.8. The number of hydrogen-bond acceptors (Lipinski definition) is 3. The minimum absolute atomic E-state index is 0.249. The molecule has 0 fully saturated rings. The van der Waals surface area contributed by atoms with Crippen LogP contribution < -0.4 is 5.32 Å². The number of halogens is 1. The minimum atomic E-state index is -0.249. The first-order chi connectivity index (χ1) is 9.22. The molecule has 0 atom stereocenters. The van der Waals surface area contributed by atoms with Crippen LogP contribution in [-0.4, -0.2) is 11.7 Å². The van der Waals surface area contributed by atoms with Crippen molar-refractivity contribution in [3.05, 3.63) is 64.7 Å². The Hall–Kier alpha value is -2.33. The number of furan rings is 1. The summed E-state index contributed by atoms with van der Waals surface area (Å²) in [7, 11) is 0. The third-order valence-corrected chi connectivity index (χ3v) is 2.88. The van der Waals surface area contributed by atoms with E-state index in [1.54, 1.807) is 30.3 Å². The number of carbonyl (C=O) groups is 1. The first-order valence-corrected chi connectivity index (χ1v) is 6.01. The fourth-order valence-electron chi connectivity index (χ4n) is 1.72. The van der Waals surface area contributed by atoms with Crippen LogP contribution in [0.5, 0.6) is 0 Å². The Morgan fingerprint density at radius 2 is 2.00 bits per heavy atom. The third-order valence-electron chi connectivity index (χ3n) is 2.62. The zero-order valence-corrected chi connectivity index (χ0v) is 10.5. The highest BCUT2D eigenvalue weighted by atomic mass is 35.5. The normalized spacial score (nSPS) is 16.6. The number of nitrogens with zero attached hydrogens (tertiary/aromatic N) is 1. The van der Waals surface area contributed by atoms with Crippen LogP contribution in [0.2, 0.25) is 5.02 Å². The largest absolute Gasteiger partial charge is 0.461 e. The molecule has 0 saturated heterocycles. The van der Waals surface area contributed by atoms with Crippen LogP contribution >= 0.6 is 11.6 Å². The molecule has 1 amide bonds. The SMILES string of the molecule is O=C1NC(c2ccco2)=N/C1=C/c1ccc(Cl)cc1. The van der Waals surface area contributed by atoms with E-state index in [-0.39, 0.29) is 5.91 Å². The summed E-state index contributed by atoms with van der Waals surface area (Å²) in [6.07, 6.45) is 3.23. The maximum Gasteiger partial charge on any atom is 0.275 e. The second-order valence-corrected chi connectivity index (χ2v) is 4.41. The molecule has 3 rings (SSSR count). The lowest BCUT2D eigenvalue weighted by Gasteiger charge is -1.94. The van der Waals surface area contributed by atoms with Gasteiger partial charge in [-0.15, -0.1) is 0 Å². The zero-order chi connectivity index (χ0) is 13.2. The molecule has 94 valence electrons. The van der Waals surface area contributed by atoms with Gasteiger partial charge in [0, 0.05) is 5.02 Å². The Kier molecular flexibility index (Phi) is 2.93. The molecule has 2 aromatic rings. The number of aliphatic imine (C=N–C) groups is 1. The van der Waals surface area contributed by atoms with E-state index in [9.17, 15) is 4.79 Å². The van der Waals surface area contributed by atoms with Gasteiger partial charge in [0.25, 0.3) is 5.91 Å². The van der Waals surface area contributed by atoms with Crippen LogP contribution in [0.1, 0.15) is 11.3 Å². The van der Waals surface area contributed by atoms with Crippen molar-refractivity contribution < 1.29 is 9.21 Å². The molecule has 1 aromatic carbocycles. The quantitative estimate of drug-likeness (QED) is 0.855. The van der Waals surface area contributed by atoms with Crippen molar-refractivity contribution >= 4 is 29.4 Å². The standard InChI is InChI=1S/C14H9ClN2O2/c15-10-5-3-9(4-6-10)8-11-14(18)17-13(16-11)12-2-1-7-19-12/h1-8H,(H,16,17,18)/b11-8+. The average molecular weight is 273 g/mol. The Bertz CT molecular complexity index is 670. The molecule has 19 heavy (non-hydrogen) atoms. The van der Waals surface area contributed by atoms with Gasteiger partial charge in [-0.2, -0.15) is 0 Å². The van der Waals surface area contributed by atoms with E-state index in [4.69, 9.17) is 16.0 Å². The molecule has 4 nitrogen and oxygen atoms in total. The van der Waals surface area contributed by atoms with E-state index in [2.05, 4.69) is 10.3 Å². The predicted molar refractivity (Wildman–Crippen MR) is 72.8 cm³/mol. The first-order valence-electron chi connectivity index (χ1n) is 5.63. The number of rotatable bonds is 2. The lowest BCUT2D eigenvalue weighted by molar-refractivity contribution is -0.115. The van der Waals surface area contributed by atoms with Crippen LogP contribution in [0.15, 0.2) is 57.8 Å². The van der Waals surface area contributed by atoms with E-state index in [0.717, 1.165) is 5.56 Å². The maximum atomic E-state index is 11.8. The summed E-state index contributed by atoms with van der Waals surface area (Å²) in [5.41, 5.74) is 1.20. The van der Waals surface area contributed by atoms with Gasteiger partial charge in [0.1, 0.15) is 5.70 Å². The molecule has 1 aromatic heterocycles. The molecule has 0 saturated carbocycles. The molecule has 0 aliphatic carbocycles. The van der Waals surface area contributed by atoms with Crippen LogP contribution in [-0.2, 0) is 4.79 Å². The summed E-state index contributed by atoms with van der Waals surface area (Å²) in [6, 6.07) is 10.7. The van der Waals surface area contributed by atoms with Crippen LogP contribution in [0.3, 0.4) is 0 Å². The van der Waals surface area contributed by atoms with Crippen molar-refractivity contribution in [1.29, 1.82) is 0 Å². The molecule has 0 spiro atoms. The highest BCUT2D eigenvalue weighted by Gasteiger charge is 2.22. The van der Waals surface area contributed by atoms with Crippen LogP contribution in [0.4, 0.5) is 0 Å². The molecule has 1 N–H and O–H groups in total. The second-order valence-electron chi connectivity index (χ2n) is 3.97. The third kappa shape index (κ3) is 2.44. The van der Waals surface area contributed by atoms with Crippen molar-refractivity contribution in [3.63, 3.8) is 0 Å². The summed E-state index contributed by atoms with van der Waals surface area (Å²) < 4.78 is 5.19. The molecule has 5 heteroatoms. The van der Waals surface area contributed by atoms with Gasteiger partial charge in [0.05, 0.1) is 6.26 Å². The molecule has 1 aliphatic heterocycles. The molecule has 0 bridgehead atoms. The summed E-state index contributed by atoms with van der Waals surface area (Å²) >= 11 is 5.81. The van der Waals surface area contributed by atoms with Crippen LogP contribution in [0.25, 0.3) is 6.08 Å². The molecule has 0 unspecified atom stereocenters. The molecule has 1 aliphatic rings. The molecular formula is C14H9ClN2O2. The van der Waals surface area contributed by atoms with Crippen molar-refractivity contribution in [2.45, 2.75) is 0 Å². The van der Waals surface area contributed by atoms with Crippen LogP contribution in [0, 0.1) is 0 Å². The van der Waals surface area contributed by atoms with Crippen molar-refractivity contribution in [2.75, 3.05) is 0 Å². The smallest absolute Gasteiger partial charge is 0.275 e. The topological polar surface area (TPSA) is 54.6 Å². The minimum Gasteiger partial charge on any atom is -0.461 e. The Morgan fingerprint density at radius 1 is 1.21 bits per heavy atom. The van der Waals surface area contributed by atoms with Gasteiger partial charge in [-0.1, -0.05) is 23.7 Å². The zero-order valence-electron chi connectivity index (χ0n) is 9.76. The number of nitrogens with one attached hydrogen (secondary N) is 1. The molecular weight excluding hydrogens is 264 g/mol. The van der Waals surface area contributed by atoms with Crippen molar-refractivity contribution in [3.8, 4) is 0 Å². The number of benzene rings is 1. The Labute approximate surface area is 114 Å². The summed E-state index contributed by atoms with van der Waals surface area (Å²) in [5.74, 6) is 0.712. The second kappa shape index (κ2) is 4.74. The molecule has 2 heterocycles. The lowest BCUT2D eigenvalue weighted by Crippen LogP contribution is -2.24. The van der Waals surface area contributed by atoms with Crippen molar-refractivity contribution in [1.82, 2.24) is 5.32 Å². The average Bonchev–Trinajstić information content (AvgIpc) is 3.03. The molecule has 0 radical (unpaired) electrons. The number of carbonyl (C=O) groups excluding carboxylic acids is 1. The predicted octanol–water partition coefficient (Wildman–Crippen LogP) is 2.85. The highest BCUT2D eigenvalue weighted by Crippen LogP contribution is 2.17. The highest BCUT2D eigenvalue weighted by molar-refractivity contribution is 6.30. The number of amides is 1. The van der Waals surface area contributed by atoms with Gasteiger partial charge < -0.3 is 9.73 Å². The van der Waals surface area contributed by atoms with Gasteiger partial charge in [-0.3, -0.25) is 4.79 Å².